The summed E-state index contributed by atoms with van der Waals surface area (Å²) in [6.45, 7) is 11.0. The fourth-order valence-corrected chi connectivity index (χ4v) is 10.5. The van der Waals surface area contributed by atoms with Gasteiger partial charge >= 0.3 is 5.97 Å². The Morgan fingerprint density at radius 1 is 0.869 bits per heavy atom. The molecule has 0 aliphatic carbocycles. The number of carboxylic acids is 1. The fraction of sp³-hybridized carbons (Fsp3) is 0.356. The lowest BCUT2D eigenvalue weighted by molar-refractivity contribution is -0.137. The summed E-state index contributed by atoms with van der Waals surface area (Å²) in [5.41, 5.74) is 2.96. The number of carboxylic acid groups (broad SMARTS) is 1. The third-order valence-electron chi connectivity index (χ3n) is 11.7. The van der Waals surface area contributed by atoms with Crippen LogP contribution in [0.3, 0.4) is 0 Å². The number of benzene rings is 4. The van der Waals surface area contributed by atoms with E-state index in [2.05, 4.69) is 6.58 Å². The highest BCUT2D eigenvalue weighted by molar-refractivity contribution is 7.87. The van der Waals surface area contributed by atoms with E-state index < -0.39 is 62.7 Å². The normalized spacial score (nSPS) is 17.8. The van der Waals surface area contributed by atoms with Crippen LogP contribution in [0.1, 0.15) is 75.5 Å². The molecule has 2 atom stereocenters. The molecular weight excluding hydrogens is 843 g/mol. The molecule has 0 saturated carbocycles. The van der Waals surface area contributed by atoms with E-state index in [0.717, 1.165) is 33.7 Å². The van der Waals surface area contributed by atoms with Gasteiger partial charge < -0.3 is 14.7 Å². The first kappa shape index (κ1) is 47.4. The van der Waals surface area contributed by atoms with Gasteiger partial charge in [0.2, 0.25) is 0 Å². The maximum Gasteiger partial charge on any atom is 0.303 e. The Bertz CT molecular complexity index is 2780. The van der Waals surface area contributed by atoms with Crippen LogP contribution in [0.5, 0.6) is 0 Å². The maximum atomic E-state index is 12.6. The highest BCUT2D eigenvalue weighted by Gasteiger charge is 2.45. The topological polar surface area (TPSA) is 213 Å². The van der Waals surface area contributed by atoms with Crippen molar-refractivity contribution in [2.75, 3.05) is 30.9 Å². The van der Waals surface area contributed by atoms with Gasteiger partial charge in [-0.15, -0.1) is 0 Å². The summed E-state index contributed by atoms with van der Waals surface area (Å²) in [5.74, 6) is -1.30. The van der Waals surface area contributed by atoms with Gasteiger partial charge in [0.25, 0.3) is 30.4 Å². The van der Waals surface area contributed by atoms with Crippen molar-refractivity contribution in [3.05, 3.63) is 126 Å². The second-order valence-electron chi connectivity index (χ2n) is 15.9. The number of ether oxygens (including phenoxy) is 1. The molecule has 0 amide bonds. The summed E-state index contributed by atoms with van der Waals surface area (Å²) in [7, 11) is -12.5. The van der Waals surface area contributed by atoms with Crippen molar-refractivity contribution in [3.8, 4) is 0 Å². The van der Waals surface area contributed by atoms with Crippen LogP contribution in [-0.2, 0) is 50.7 Å². The molecule has 0 radical (unpaired) electrons. The first-order chi connectivity index (χ1) is 28.5. The van der Waals surface area contributed by atoms with Crippen molar-refractivity contribution in [1.29, 1.82) is 0 Å². The number of aliphatic carboxylic acids is 1. The first-order valence-corrected chi connectivity index (χ1v) is 24.3. The second kappa shape index (κ2) is 18.7. The molecule has 0 spiro atoms. The maximum absolute atomic E-state index is 12.6. The predicted molar refractivity (Wildman–Crippen MR) is 238 cm³/mol. The largest absolute Gasteiger partial charge is 0.481 e. The molecule has 2 unspecified atom stereocenters. The van der Waals surface area contributed by atoms with E-state index in [1.54, 1.807) is 6.07 Å². The average Bonchev–Trinajstić information content (AvgIpc) is 3.41. The lowest BCUT2D eigenvalue weighted by atomic mass is 9.70. The van der Waals surface area contributed by atoms with Crippen LogP contribution >= 0.6 is 0 Å². The molecule has 1 aliphatic heterocycles. The highest BCUT2D eigenvalue weighted by Crippen LogP contribution is 2.54. The van der Waals surface area contributed by atoms with Gasteiger partial charge in [-0.25, -0.2) is 0 Å². The van der Waals surface area contributed by atoms with Crippen LogP contribution in [-0.4, -0.2) is 76.0 Å². The Labute approximate surface area is 358 Å². The smallest absolute Gasteiger partial charge is 0.303 e. The molecule has 0 aromatic heterocycles. The van der Waals surface area contributed by atoms with Gasteiger partial charge in [-0.1, -0.05) is 86.7 Å². The second-order valence-corrected chi connectivity index (χ2v) is 20.3. The molecule has 4 aromatic carbocycles. The van der Waals surface area contributed by atoms with Gasteiger partial charge in [0.15, 0.2) is 0 Å². The molecule has 0 bridgehead atoms. The molecule has 1 aliphatic rings. The SMILES string of the molecule is C=C(/C=C/C=C/C=C1/N(CCCCCC(=O)O)c2ccc3c(S(=O)(=O)O)cc(S(=O)(=O)O)cc3c2C1(C)CCOC)C(C)(CCCS(=O)(=O)O)c1c(C)ccc2ccccc12. The molecule has 4 aromatic rings. The predicted octanol–water partition coefficient (Wildman–Crippen LogP) is 8.73. The Kier molecular flexibility index (Phi) is 14.6. The van der Waals surface area contributed by atoms with Crippen LogP contribution < -0.4 is 4.90 Å². The molecule has 1 heterocycles. The number of hydrogen-bond donors (Lipinski definition) is 4. The molecule has 61 heavy (non-hydrogen) atoms. The van der Waals surface area contributed by atoms with Crippen molar-refractivity contribution in [2.24, 2.45) is 0 Å². The molecule has 5 rings (SSSR count). The van der Waals surface area contributed by atoms with Crippen molar-refractivity contribution >= 4 is 63.6 Å². The van der Waals surface area contributed by atoms with Crippen LogP contribution in [0.4, 0.5) is 5.69 Å². The third kappa shape index (κ3) is 10.7. The van der Waals surface area contributed by atoms with E-state index in [1.807, 2.05) is 92.4 Å². The van der Waals surface area contributed by atoms with Gasteiger partial charge in [-0.05, 0) is 109 Å². The Morgan fingerprint density at radius 2 is 1.59 bits per heavy atom. The van der Waals surface area contributed by atoms with Crippen LogP contribution in [0.25, 0.3) is 21.5 Å². The molecule has 328 valence electrons. The number of anilines is 1. The third-order valence-corrected chi connectivity index (χ3v) is 14.2. The minimum Gasteiger partial charge on any atom is -0.481 e. The fourth-order valence-electron chi connectivity index (χ4n) is 8.62. The summed E-state index contributed by atoms with van der Waals surface area (Å²) in [5, 5.41) is 11.5. The highest BCUT2D eigenvalue weighted by atomic mass is 32.2. The molecule has 0 fully saturated rings. The number of allylic oxidation sites excluding steroid dienone is 7. The quantitative estimate of drug-likeness (QED) is 0.0372. The number of carbonyl (C=O) groups is 1. The van der Waals surface area contributed by atoms with Crippen molar-refractivity contribution in [3.63, 3.8) is 0 Å². The lowest BCUT2D eigenvalue weighted by Crippen LogP contribution is -2.30. The van der Waals surface area contributed by atoms with Crippen molar-refractivity contribution in [2.45, 2.75) is 86.3 Å². The number of methoxy groups -OCH3 is 1. The van der Waals surface area contributed by atoms with Gasteiger partial charge in [0.05, 0.1) is 10.6 Å². The Hall–Kier alpha value is -4.68. The molecular formula is C45H53NO12S3. The number of fused-ring (bicyclic) bond motifs is 4. The summed E-state index contributed by atoms with van der Waals surface area (Å²) in [4.78, 5) is 11.9. The standard InChI is InChI=1S/C45H53NO12S3/c1-31-20-21-33-16-11-12-17-35(33)42(31)44(3,24-14-28-59(49,50)51)32(2)15-8-6-9-18-40-45(4,25-27-58-5)43-37-29-34(60(52,53)54)30-39(61(55,56)57)36(37)22-23-38(43)46(40)26-13-7-10-19-41(47)48/h6,8-9,11-12,15-18,20-23,29-30H,2,7,10,13-14,19,24-28H2,1,3-5H3,(H,47,48)(H,49,50,51)(H,52,53,54)(H,55,56,57)/b9-6+,15-8+,40-18+. The zero-order valence-corrected chi connectivity index (χ0v) is 37.1. The average molecular weight is 896 g/mol. The van der Waals surface area contributed by atoms with E-state index in [0.29, 0.717) is 55.5 Å². The number of unbranched alkanes of at least 4 members (excludes halogenated alkanes) is 2. The summed E-state index contributed by atoms with van der Waals surface area (Å²) < 4.78 is 109. The first-order valence-electron chi connectivity index (χ1n) is 19.8. The summed E-state index contributed by atoms with van der Waals surface area (Å²) >= 11 is 0. The van der Waals surface area contributed by atoms with Crippen LogP contribution in [0.2, 0.25) is 0 Å². The van der Waals surface area contributed by atoms with E-state index >= 15 is 0 Å². The van der Waals surface area contributed by atoms with Crippen LogP contribution in [0, 0.1) is 6.92 Å². The molecule has 16 heteroatoms. The lowest BCUT2D eigenvalue weighted by Gasteiger charge is -2.34. The monoisotopic (exact) mass is 895 g/mol. The zero-order chi connectivity index (χ0) is 45.0. The molecule has 13 nitrogen and oxygen atoms in total. The van der Waals surface area contributed by atoms with E-state index in [4.69, 9.17) is 4.74 Å². The van der Waals surface area contributed by atoms with Gasteiger partial charge in [0, 0.05) is 54.3 Å². The van der Waals surface area contributed by atoms with Gasteiger partial charge in [-0.2, -0.15) is 25.3 Å². The number of hydrogen-bond acceptors (Lipinski definition) is 9. The van der Waals surface area contributed by atoms with Gasteiger partial charge in [-0.3, -0.25) is 18.5 Å². The molecule has 0 saturated heterocycles. The Morgan fingerprint density at radius 3 is 2.25 bits per heavy atom. The van der Waals surface area contributed by atoms with Crippen molar-refractivity contribution < 1.29 is 53.5 Å². The van der Waals surface area contributed by atoms with E-state index in [1.165, 1.54) is 19.2 Å². The zero-order valence-electron chi connectivity index (χ0n) is 34.7. The number of nitrogens with zero attached hydrogens (tertiary/aromatic N) is 1. The minimum absolute atomic E-state index is 0.00626. The molecule has 4 N–H and O–H groups in total. The van der Waals surface area contributed by atoms with Crippen LogP contribution in [0.15, 0.2) is 119 Å². The summed E-state index contributed by atoms with van der Waals surface area (Å²) in [6.07, 6.45) is 11.7. The van der Waals surface area contributed by atoms with E-state index in [-0.39, 0.29) is 30.2 Å². The summed E-state index contributed by atoms with van der Waals surface area (Å²) in [6, 6.07) is 17.1. The minimum atomic E-state index is -4.96. The number of aryl methyl sites for hydroxylation is 1. The van der Waals surface area contributed by atoms with Gasteiger partial charge in [0.1, 0.15) is 4.90 Å². The Balaban J connectivity index is 1.62. The van der Waals surface area contributed by atoms with E-state index in [9.17, 15) is 48.8 Å². The van der Waals surface area contributed by atoms with Crippen molar-refractivity contribution in [1.82, 2.24) is 0 Å². The number of rotatable bonds is 20.